The van der Waals surface area contributed by atoms with Gasteiger partial charge in [0, 0.05) is 55.8 Å². The number of aromatic nitrogens is 2. The van der Waals surface area contributed by atoms with E-state index in [2.05, 4.69) is 37.2 Å². The molecule has 4 heterocycles. The van der Waals surface area contributed by atoms with Gasteiger partial charge in [-0.25, -0.2) is 0 Å². The van der Waals surface area contributed by atoms with E-state index >= 15 is 0 Å². The Kier molecular flexibility index (Phi) is 5.14. The Labute approximate surface area is 152 Å². The molecule has 2 aliphatic heterocycles. The highest BCUT2D eigenvalue weighted by Gasteiger charge is 2.30. The van der Waals surface area contributed by atoms with Crippen LogP contribution in [0, 0.1) is 5.92 Å². The standard InChI is InChI=1S/C18H25N5OS/c24-18(23-7-4-19-5-8-23)14-2-1-6-22(11-14)12-16-10-20-21-17(16)15-3-9-25-13-15/h3,9-10,13-14,19H,1-2,4-8,11-12H2,(H,20,21). The molecule has 1 unspecified atom stereocenters. The van der Waals surface area contributed by atoms with E-state index in [-0.39, 0.29) is 5.92 Å². The fraction of sp³-hybridized carbons (Fsp3) is 0.556. The first kappa shape index (κ1) is 16.8. The third-order valence-electron chi connectivity index (χ3n) is 5.21. The number of hydrogen-bond donors (Lipinski definition) is 2. The zero-order valence-electron chi connectivity index (χ0n) is 14.4. The van der Waals surface area contributed by atoms with Crippen LogP contribution < -0.4 is 5.32 Å². The maximum atomic E-state index is 12.8. The van der Waals surface area contributed by atoms with Crippen molar-refractivity contribution >= 4 is 17.2 Å². The second kappa shape index (κ2) is 7.68. The Morgan fingerprint density at radius 1 is 1.32 bits per heavy atom. The van der Waals surface area contributed by atoms with Crippen molar-refractivity contribution in [1.82, 2.24) is 25.3 Å². The van der Waals surface area contributed by atoms with Gasteiger partial charge in [-0.3, -0.25) is 14.8 Å². The second-order valence-corrected chi connectivity index (χ2v) is 7.71. The molecule has 25 heavy (non-hydrogen) atoms. The monoisotopic (exact) mass is 359 g/mol. The summed E-state index contributed by atoms with van der Waals surface area (Å²) in [6, 6.07) is 2.12. The maximum Gasteiger partial charge on any atom is 0.227 e. The average molecular weight is 359 g/mol. The molecule has 2 aliphatic rings. The van der Waals surface area contributed by atoms with Gasteiger partial charge in [0.05, 0.1) is 17.8 Å². The van der Waals surface area contributed by atoms with Crippen LogP contribution in [0.3, 0.4) is 0 Å². The van der Waals surface area contributed by atoms with Gasteiger partial charge in [-0.05, 0) is 30.8 Å². The highest BCUT2D eigenvalue weighted by atomic mass is 32.1. The Hall–Kier alpha value is -1.70. The molecule has 0 saturated carbocycles. The normalized spacial score (nSPS) is 22.2. The lowest BCUT2D eigenvalue weighted by atomic mass is 9.95. The number of thiophene rings is 1. The van der Waals surface area contributed by atoms with Crippen LogP contribution in [-0.2, 0) is 11.3 Å². The lowest BCUT2D eigenvalue weighted by Crippen LogP contribution is -2.51. The summed E-state index contributed by atoms with van der Waals surface area (Å²) < 4.78 is 0. The fourth-order valence-electron chi connectivity index (χ4n) is 3.87. The largest absolute Gasteiger partial charge is 0.340 e. The Balaban J connectivity index is 1.40. The predicted octanol–water partition coefficient (Wildman–Crippen LogP) is 1.78. The zero-order valence-corrected chi connectivity index (χ0v) is 15.2. The molecule has 2 saturated heterocycles. The fourth-order valence-corrected chi connectivity index (χ4v) is 4.52. The number of aromatic amines is 1. The van der Waals surface area contributed by atoms with E-state index < -0.39 is 0 Å². The van der Waals surface area contributed by atoms with E-state index in [9.17, 15) is 4.79 Å². The van der Waals surface area contributed by atoms with E-state index in [1.807, 2.05) is 11.1 Å². The number of amides is 1. The van der Waals surface area contributed by atoms with Gasteiger partial charge >= 0.3 is 0 Å². The molecule has 0 aromatic carbocycles. The first-order chi connectivity index (χ1) is 12.3. The highest BCUT2D eigenvalue weighted by Crippen LogP contribution is 2.26. The predicted molar refractivity (Wildman–Crippen MR) is 99.4 cm³/mol. The van der Waals surface area contributed by atoms with Crippen molar-refractivity contribution in [2.24, 2.45) is 5.92 Å². The van der Waals surface area contributed by atoms with E-state index in [1.54, 1.807) is 11.3 Å². The molecular weight excluding hydrogens is 334 g/mol. The van der Waals surface area contributed by atoms with Crippen molar-refractivity contribution in [3.63, 3.8) is 0 Å². The van der Waals surface area contributed by atoms with Gasteiger partial charge in [-0.2, -0.15) is 16.4 Å². The van der Waals surface area contributed by atoms with Crippen LogP contribution in [0.25, 0.3) is 11.3 Å². The Morgan fingerprint density at radius 2 is 2.20 bits per heavy atom. The molecule has 2 aromatic heterocycles. The summed E-state index contributed by atoms with van der Waals surface area (Å²) in [6.45, 7) is 6.30. The molecule has 2 fully saturated rings. The van der Waals surface area contributed by atoms with Crippen LogP contribution in [0.5, 0.6) is 0 Å². The topological polar surface area (TPSA) is 64.3 Å². The molecule has 1 atom stereocenters. The lowest BCUT2D eigenvalue weighted by Gasteiger charge is -2.36. The summed E-state index contributed by atoms with van der Waals surface area (Å²) in [6.07, 6.45) is 4.03. The number of piperidine rings is 1. The molecular formula is C18H25N5OS. The summed E-state index contributed by atoms with van der Waals surface area (Å²) in [5.41, 5.74) is 3.52. The summed E-state index contributed by atoms with van der Waals surface area (Å²) in [5.74, 6) is 0.486. The van der Waals surface area contributed by atoms with Crippen molar-refractivity contribution in [3.05, 3.63) is 28.6 Å². The van der Waals surface area contributed by atoms with Crippen LogP contribution in [0.2, 0.25) is 0 Å². The van der Waals surface area contributed by atoms with Gasteiger partial charge in [0.25, 0.3) is 0 Å². The molecule has 0 aliphatic carbocycles. The first-order valence-corrected chi connectivity index (χ1v) is 10.0. The summed E-state index contributed by atoms with van der Waals surface area (Å²) in [5, 5.41) is 14.9. The second-order valence-electron chi connectivity index (χ2n) is 6.93. The van der Waals surface area contributed by atoms with Crippen LogP contribution in [0.4, 0.5) is 0 Å². The number of carbonyl (C=O) groups is 1. The number of nitrogens with one attached hydrogen (secondary N) is 2. The SMILES string of the molecule is O=C(C1CCCN(Cc2cn[nH]c2-c2ccsc2)C1)N1CCNCC1. The van der Waals surface area contributed by atoms with Crippen LogP contribution >= 0.6 is 11.3 Å². The van der Waals surface area contributed by atoms with Gasteiger partial charge in [-0.15, -0.1) is 0 Å². The summed E-state index contributed by atoms with van der Waals surface area (Å²) in [7, 11) is 0. The van der Waals surface area contributed by atoms with Gasteiger partial charge in [0.15, 0.2) is 0 Å². The van der Waals surface area contributed by atoms with Crippen LogP contribution in [0.1, 0.15) is 18.4 Å². The van der Waals surface area contributed by atoms with Gasteiger partial charge in [0.1, 0.15) is 0 Å². The maximum absolute atomic E-state index is 12.8. The quantitative estimate of drug-likeness (QED) is 0.873. The Morgan fingerprint density at radius 3 is 3.00 bits per heavy atom. The van der Waals surface area contributed by atoms with Crippen molar-refractivity contribution in [3.8, 4) is 11.3 Å². The molecule has 2 aromatic rings. The van der Waals surface area contributed by atoms with E-state index in [0.29, 0.717) is 5.91 Å². The van der Waals surface area contributed by atoms with Crippen molar-refractivity contribution in [2.75, 3.05) is 39.3 Å². The molecule has 6 nitrogen and oxygen atoms in total. The molecule has 7 heteroatoms. The molecule has 0 spiro atoms. The van der Waals surface area contributed by atoms with Crippen molar-refractivity contribution < 1.29 is 4.79 Å². The minimum Gasteiger partial charge on any atom is -0.340 e. The van der Waals surface area contributed by atoms with Crippen LogP contribution in [-0.4, -0.2) is 65.2 Å². The minimum absolute atomic E-state index is 0.142. The average Bonchev–Trinajstić information content (AvgIpc) is 3.33. The molecule has 0 radical (unpaired) electrons. The van der Waals surface area contributed by atoms with E-state index in [1.165, 1.54) is 11.1 Å². The number of H-pyrrole nitrogens is 1. The number of nitrogens with zero attached hydrogens (tertiary/aromatic N) is 3. The van der Waals surface area contributed by atoms with Crippen LogP contribution in [0.15, 0.2) is 23.0 Å². The Bertz CT molecular complexity index is 692. The first-order valence-electron chi connectivity index (χ1n) is 9.08. The van der Waals surface area contributed by atoms with E-state index in [0.717, 1.165) is 64.3 Å². The number of hydrogen-bond acceptors (Lipinski definition) is 5. The molecule has 134 valence electrons. The number of rotatable bonds is 4. The third kappa shape index (κ3) is 3.78. The summed E-state index contributed by atoms with van der Waals surface area (Å²) >= 11 is 1.70. The van der Waals surface area contributed by atoms with Gasteiger partial charge < -0.3 is 10.2 Å². The summed E-state index contributed by atoms with van der Waals surface area (Å²) in [4.78, 5) is 17.3. The molecule has 2 N–H and O–H groups in total. The van der Waals surface area contributed by atoms with Crippen molar-refractivity contribution in [2.45, 2.75) is 19.4 Å². The van der Waals surface area contributed by atoms with Crippen molar-refractivity contribution in [1.29, 1.82) is 0 Å². The number of carbonyl (C=O) groups excluding carboxylic acids is 1. The van der Waals surface area contributed by atoms with Gasteiger partial charge in [0.2, 0.25) is 5.91 Å². The highest BCUT2D eigenvalue weighted by molar-refractivity contribution is 7.08. The number of likely N-dealkylation sites (tertiary alicyclic amines) is 1. The van der Waals surface area contributed by atoms with E-state index in [4.69, 9.17) is 0 Å². The minimum atomic E-state index is 0.142. The molecule has 1 amide bonds. The lowest BCUT2D eigenvalue weighted by molar-refractivity contribution is -0.138. The number of piperazine rings is 1. The smallest absolute Gasteiger partial charge is 0.227 e. The zero-order chi connectivity index (χ0) is 17.1. The van der Waals surface area contributed by atoms with Gasteiger partial charge in [-0.1, -0.05) is 0 Å². The molecule has 0 bridgehead atoms. The molecule has 4 rings (SSSR count). The third-order valence-corrected chi connectivity index (χ3v) is 5.89.